The van der Waals surface area contributed by atoms with Crippen molar-refractivity contribution in [1.29, 1.82) is 5.26 Å². The number of hydrogen-bond acceptors (Lipinski definition) is 3. The van der Waals surface area contributed by atoms with E-state index in [-0.39, 0.29) is 9.80 Å². The molecule has 0 spiro atoms. The molecule has 0 radical (unpaired) electrons. The van der Waals surface area contributed by atoms with Crippen LogP contribution in [0, 0.1) is 11.3 Å². The van der Waals surface area contributed by atoms with Crippen LogP contribution < -0.4 is 0 Å². The third-order valence-corrected chi connectivity index (χ3v) is 4.81. The van der Waals surface area contributed by atoms with Gasteiger partial charge in [0, 0.05) is 5.02 Å². The molecule has 0 unspecified atom stereocenters. The minimum Gasteiger partial charge on any atom is -0.218 e. The third-order valence-electron chi connectivity index (χ3n) is 2.86. The van der Waals surface area contributed by atoms with E-state index in [9.17, 15) is 8.42 Å². The van der Waals surface area contributed by atoms with E-state index in [1.54, 1.807) is 18.2 Å². The van der Waals surface area contributed by atoms with Gasteiger partial charge >= 0.3 is 0 Å². The van der Waals surface area contributed by atoms with Gasteiger partial charge in [-0.25, -0.2) is 8.42 Å². The lowest BCUT2D eigenvalue weighted by Crippen LogP contribution is -2.03. The van der Waals surface area contributed by atoms with E-state index in [2.05, 4.69) is 0 Å². The molecule has 2 aromatic rings. The van der Waals surface area contributed by atoms with E-state index in [1.807, 2.05) is 30.3 Å². The van der Waals surface area contributed by atoms with Crippen LogP contribution in [0.15, 0.2) is 76.5 Å². The van der Waals surface area contributed by atoms with Gasteiger partial charge in [-0.15, -0.1) is 0 Å². The Hall–Kier alpha value is -2.35. The predicted octanol–water partition coefficient (Wildman–Crippen LogP) is 4.23. The molecule has 0 atom stereocenters. The number of hydrogen-bond donors (Lipinski definition) is 0. The maximum atomic E-state index is 12.3. The summed E-state index contributed by atoms with van der Waals surface area (Å²) in [7, 11) is -3.83. The summed E-state index contributed by atoms with van der Waals surface area (Å²) in [4.78, 5) is -0.278. The molecular formula is C17H12ClNO2S. The van der Waals surface area contributed by atoms with Crippen LogP contribution in [0.1, 0.15) is 5.56 Å². The molecule has 0 heterocycles. The number of allylic oxidation sites excluding steroid dienone is 3. The molecule has 0 aliphatic heterocycles. The quantitative estimate of drug-likeness (QED) is 0.623. The zero-order valence-corrected chi connectivity index (χ0v) is 13.1. The van der Waals surface area contributed by atoms with Crippen molar-refractivity contribution in [2.45, 2.75) is 4.90 Å². The first-order valence-corrected chi connectivity index (χ1v) is 8.24. The van der Waals surface area contributed by atoms with Crippen LogP contribution in [0.3, 0.4) is 0 Å². The van der Waals surface area contributed by atoms with E-state index in [1.165, 1.54) is 30.3 Å². The molecule has 0 saturated heterocycles. The molecule has 110 valence electrons. The van der Waals surface area contributed by atoms with E-state index in [4.69, 9.17) is 16.9 Å². The van der Waals surface area contributed by atoms with Gasteiger partial charge in [-0.05, 0) is 35.9 Å². The summed E-state index contributed by atoms with van der Waals surface area (Å²) in [6.07, 6.45) is 4.56. The summed E-state index contributed by atoms with van der Waals surface area (Å²) in [6.45, 7) is 0. The van der Waals surface area contributed by atoms with Crippen LogP contribution in [-0.2, 0) is 9.84 Å². The largest absolute Gasteiger partial charge is 0.218 e. The monoisotopic (exact) mass is 329 g/mol. The number of benzene rings is 2. The molecule has 0 aliphatic carbocycles. The van der Waals surface area contributed by atoms with E-state index < -0.39 is 9.84 Å². The van der Waals surface area contributed by atoms with Crippen molar-refractivity contribution < 1.29 is 8.42 Å². The lowest BCUT2D eigenvalue weighted by molar-refractivity contribution is 0.603. The Morgan fingerprint density at radius 1 is 1.05 bits per heavy atom. The van der Waals surface area contributed by atoms with Gasteiger partial charge in [0.1, 0.15) is 11.0 Å². The van der Waals surface area contributed by atoms with Crippen molar-refractivity contribution in [3.05, 3.63) is 82.2 Å². The Morgan fingerprint density at radius 3 is 2.27 bits per heavy atom. The van der Waals surface area contributed by atoms with Crippen molar-refractivity contribution in [1.82, 2.24) is 0 Å². The molecule has 22 heavy (non-hydrogen) atoms. The van der Waals surface area contributed by atoms with Crippen LogP contribution in [0.2, 0.25) is 5.02 Å². The second-order valence-corrected chi connectivity index (χ2v) is 6.72. The van der Waals surface area contributed by atoms with Crippen molar-refractivity contribution >= 4 is 27.5 Å². The number of nitriles is 1. The fourth-order valence-electron chi connectivity index (χ4n) is 1.74. The minimum absolute atomic E-state index is 0.0396. The molecule has 0 fully saturated rings. The molecule has 0 aliphatic rings. The van der Waals surface area contributed by atoms with Gasteiger partial charge in [0.05, 0.1) is 4.90 Å². The van der Waals surface area contributed by atoms with Gasteiger partial charge in [0.25, 0.3) is 0 Å². The Kier molecular flexibility index (Phi) is 5.16. The van der Waals surface area contributed by atoms with Crippen LogP contribution in [0.5, 0.6) is 0 Å². The smallest absolute Gasteiger partial charge is 0.216 e. The van der Waals surface area contributed by atoms with E-state index >= 15 is 0 Å². The van der Waals surface area contributed by atoms with Gasteiger partial charge in [0.2, 0.25) is 9.84 Å². The lowest BCUT2D eigenvalue weighted by atomic mass is 10.2. The summed E-state index contributed by atoms with van der Waals surface area (Å²) >= 11 is 5.74. The molecule has 2 aromatic carbocycles. The van der Waals surface area contributed by atoms with Crippen molar-refractivity contribution in [2.24, 2.45) is 0 Å². The van der Waals surface area contributed by atoms with Gasteiger partial charge in [-0.2, -0.15) is 5.26 Å². The first-order valence-electron chi connectivity index (χ1n) is 6.38. The summed E-state index contributed by atoms with van der Waals surface area (Å²) in [5, 5.41) is 9.55. The minimum atomic E-state index is -3.83. The van der Waals surface area contributed by atoms with Gasteiger partial charge in [0.15, 0.2) is 0 Å². The Bertz CT molecular complexity index is 846. The number of nitrogens with zero attached hydrogens (tertiary/aromatic N) is 1. The standard InChI is InChI=1S/C17H12ClNO2S/c18-15-9-11-16(12-10-15)22(20,21)17(13-19)8-4-7-14-5-2-1-3-6-14/h1-12H/b7-4+,17-8-. The fourth-order valence-corrected chi connectivity index (χ4v) is 2.99. The molecule has 0 bridgehead atoms. The second-order valence-electron chi connectivity index (χ2n) is 4.37. The second kappa shape index (κ2) is 7.08. The Labute approximate surface area is 134 Å². The number of halogens is 1. The molecule has 0 amide bonds. The highest BCUT2D eigenvalue weighted by Crippen LogP contribution is 2.21. The average Bonchev–Trinajstić information content (AvgIpc) is 2.53. The first-order chi connectivity index (χ1) is 10.5. The first kappa shape index (κ1) is 16.0. The van der Waals surface area contributed by atoms with Crippen LogP contribution in [0.4, 0.5) is 0 Å². The van der Waals surface area contributed by atoms with Crippen LogP contribution >= 0.6 is 11.6 Å². The maximum absolute atomic E-state index is 12.3. The molecule has 0 saturated carbocycles. The van der Waals surface area contributed by atoms with E-state index in [0.717, 1.165) is 5.56 Å². The molecule has 2 rings (SSSR count). The zero-order valence-electron chi connectivity index (χ0n) is 11.5. The SMILES string of the molecule is N#C/C(=C/C=C/c1ccccc1)S(=O)(=O)c1ccc(Cl)cc1. The fraction of sp³-hybridized carbons (Fsp3) is 0. The summed E-state index contributed by atoms with van der Waals surface area (Å²) in [6, 6.07) is 16.8. The van der Waals surface area contributed by atoms with Gasteiger partial charge in [-0.3, -0.25) is 0 Å². The van der Waals surface area contributed by atoms with Crippen molar-refractivity contribution in [2.75, 3.05) is 0 Å². The molecule has 3 nitrogen and oxygen atoms in total. The Balaban J connectivity index is 2.31. The van der Waals surface area contributed by atoms with Crippen LogP contribution in [-0.4, -0.2) is 8.42 Å². The zero-order chi connectivity index (χ0) is 16.0. The highest BCUT2D eigenvalue weighted by atomic mass is 35.5. The van der Waals surface area contributed by atoms with Crippen molar-refractivity contribution in [3.63, 3.8) is 0 Å². The summed E-state index contributed by atoms with van der Waals surface area (Å²) in [5.41, 5.74) is 0.917. The molecule has 0 aromatic heterocycles. The number of rotatable bonds is 4. The van der Waals surface area contributed by atoms with Gasteiger partial charge < -0.3 is 0 Å². The van der Waals surface area contributed by atoms with Crippen LogP contribution in [0.25, 0.3) is 6.08 Å². The average molecular weight is 330 g/mol. The molecule has 5 heteroatoms. The third kappa shape index (κ3) is 3.85. The number of sulfone groups is 1. The molecular weight excluding hydrogens is 318 g/mol. The Morgan fingerprint density at radius 2 is 1.68 bits per heavy atom. The maximum Gasteiger partial charge on any atom is 0.216 e. The molecule has 0 N–H and O–H groups in total. The van der Waals surface area contributed by atoms with Gasteiger partial charge in [-0.1, -0.05) is 54.1 Å². The highest BCUT2D eigenvalue weighted by Gasteiger charge is 2.19. The predicted molar refractivity (Wildman–Crippen MR) is 87.8 cm³/mol. The lowest BCUT2D eigenvalue weighted by Gasteiger charge is -2.02. The van der Waals surface area contributed by atoms with Crippen molar-refractivity contribution in [3.8, 4) is 6.07 Å². The van der Waals surface area contributed by atoms with E-state index in [0.29, 0.717) is 5.02 Å². The summed E-state index contributed by atoms with van der Waals surface area (Å²) in [5.74, 6) is 0. The normalized spacial score (nSPS) is 12.3. The summed E-state index contributed by atoms with van der Waals surface area (Å²) < 4.78 is 24.7. The highest BCUT2D eigenvalue weighted by molar-refractivity contribution is 7.95. The topological polar surface area (TPSA) is 57.9 Å².